The molecule has 1 fully saturated rings. The number of esters is 2. The van der Waals surface area contributed by atoms with Crippen molar-refractivity contribution in [2.75, 3.05) is 6.61 Å². The Morgan fingerprint density at radius 2 is 1.74 bits per heavy atom. The van der Waals surface area contributed by atoms with Crippen LogP contribution >= 0.6 is 0 Å². The monoisotopic (exact) mass is 480 g/mol. The Labute approximate surface area is 198 Å². The van der Waals surface area contributed by atoms with Crippen LogP contribution in [0.2, 0.25) is 0 Å². The minimum atomic E-state index is -1.22. The second-order valence-corrected chi connectivity index (χ2v) is 8.04. The van der Waals surface area contributed by atoms with Gasteiger partial charge in [-0.15, -0.1) is 0 Å². The number of aliphatic hydroxyl groups is 1. The number of rotatable bonds is 8. The molecule has 1 saturated heterocycles. The van der Waals surface area contributed by atoms with E-state index >= 15 is 0 Å². The number of β-lactam (4-membered cyclic amide) rings is 1. The van der Waals surface area contributed by atoms with Crippen LogP contribution in [-0.2, 0) is 19.1 Å². The topological polar surface area (TPSA) is 153 Å². The first-order valence-electron chi connectivity index (χ1n) is 10.7. The minimum Gasteiger partial charge on any atom is -0.510 e. The van der Waals surface area contributed by atoms with Crippen LogP contribution in [0.4, 0.5) is 5.69 Å². The number of ketones is 1. The number of para-hydroxylation sites is 1. The van der Waals surface area contributed by atoms with Crippen molar-refractivity contribution in [2.45, 2.75) is 25.3 Å². The summed E-state index contributed by atoms with van der Waals surface area (Å²) >= 11 is 0. The molecule has 11 nitrogen and oxygen atoms in total. The summed E-state index contributed by atoms with van der Waals surface area (Å²) in [5, 5.41) is 21.0. The Morgan fingerprint density at radius 3 is 2.40 bits per heavy atom. The van der Waals surface area contributed by atoms with E-state index in [0.717, 1.165) is 29.2 Å². The van der Waals surface area contributed by atoms with Crippen LogP contribution in [0.1, 0.15) is 29.6 Å². The van der Waals surface area contributed by atoms with Gasteiger partial charge in [0.15, 0.2) is 11.5 Å². The van der Waals surface area contributed by atoms with E-state index in [2.05, 4.69) is 0 Å². The highest BCUT2D eigenvalue weighted by atomic mass is 16.6. The van der Waals surface area contributed by atoms with Crippen molar-refractivity contribution in [3.63, 3.8) is 0 Å². The van der Waals surface area contributed by atoms with Gasteiger partial charge >= 0.3 is 11.9 Å². The van der Waals surface area contributed by atoms with Gasteiger partial charge < -0.3 is 14.6 Å². The van der Waals surface area contributed by atoms with Gasteiger partial charge in [0, 0.05) is 31.0 Å². The van der Waals surface area contributed by atoms with E-state index in [9.17, 15) is 34.4 Å². The number of non-ortho nitro benzene ring substituents is 1. The summed E-state index contributed by atoms with van der Waals surface area (Å²) in [7, 11) is 0. The highest BCUT2D eigenvalue weighted by Crippen LogP contribution is 2.41. The van der Waals surface area contributed by atoms with E-state index in [1.54, 1.807) is 24.3 Å². The van der Waals surface area contributed by atoms with Gasteiger partial charge in [-0.3, -0.25) is 24.6 Å². The molecule has 2 aliphatic rings. The van der Waals surface area contributed by atoms with Crippen molar-refractivity contribution in [1.29, 1.82) is 0 Å². The van der Waals surface area contributed by atoms with E-state index in [1.807, 2.05) is 6.07 Å². The summed E-state index contributed by atoms with van der Waals surface area (Å²) in [4.78, 5) is 61.2. The molecule has 1 amide bonds. The standard InChI is InChI=1S/C24H20N2O9/c27-16(13-34-17-4-2-1-3-5-17)12-18-19-10-11-20(28)21(25(19)22(18)29)24(31)35-23(30)14-6-8-15(9-7-14)26(32)33/h1-9,18-19,28H,10-13H2/t18-,19+/m0/s1. The first kappa shape index (κ1) is 23.6. The second kappa shape index (κ2) is 9.75. The van der Waals surface area contributed by atoms with Crippen LogP contribution in [0.15, 0.2) is 66.1 Å². The lowest BCUT2D eigenvalue weighted by molar-refractivity contribution is -0.384. The van der Waals surface area contributed by atoms with Crippen LogP contribution in [0.5, 0.6) is 5.75 Å². The van der Waals surface area contributed by atoms with Gasteiger partial charge in [0.1, 0.15) is 18.1 Å². The molecule has 0 aliphatic carbocycles. The molecule has 35 heavy (non-hydrogen) atoms. The number of carbonyl (C=O) groups is 4. The highest BCUT2D eigenvalue weighted by molar-refractivity contribution is 6.06. The molecule has 0 spiro atoms. The van der Waals surface area contributed by atoms with Crippen molar-refractivity contribution >= 4 is 29.3 Å². The van der Waals surface area contributed by atoms with Crippen LogP contribution in [0.25, 0.3) is 0 Å². The molecule has 2 aromatic rings. The molecule has 4 rings (SSSR count). The van der Waals surface area contributed by atoms with Gasteiger partial charge in [0.2, 0.25) is 5.91 Å². The third-order valence-electron chi connectivity index (χ3n) is 5.83. The third-order valence-corrected chi connectivity index (χ3v) is 5.83. The number of hydrogen-bond acceptors (Lipinski definition) is 9. The Hall–Kier alpha value is -4.54. The van der Waals surface area contributed by atoms with Gasteiger partial charge in [-0.25, -0.2) is 9.59 Å². The molecular formula is C24H20N2O9. The van der Waals surface area contributed by atoms with E-state index in [0.29, 0.717) is 12.2 Å². The number of amides is 1. The summed E-state index contributed by atoms with van der Waals surface area (Å²) < 4.78 is 10.2. The number of nitro benzene ring substituents is 1. The molecule has 2 atom stereocenters. The fraction of sp³-hybridized carbons (Fsp3) is 0.250. The molecule has 0 saturated carbocycles. The maximum Gasteiger partial charge on any atom is 0.366 e. The molecule has 0 bridgehead atoms. The Morgan fingerprint density at radius 1 is 1.06 bits per heavy atom. The minimum absolute atomic E-state index is 0.0653. The Bertz CT molecular complexity index is 1220. The number of carbonyl (C=O) groups excluding carboxylic acids is 4. The second-order valence-electron chi connectivity index (χ2n) is 8.04. The van der Waals surface area contributed by atoms with E-state index in [-0.39, 0.29) is 36.5 Å². The lowest BCUT2D eigenvalue weighted by Gasteiger charge is -2.49. The molecule has 11 heteroatoms. The summed E-state index contributed by atoms with van der Waals surface area (Å²) in [6, 6.07) is 12.6. The number of nitrogens with zero attached hydrogens (tertiary/aromatic N) is 2. The first-order chi connectivity index (χ1) is 16.8. The van der Waals surface area contributed by atoms with Crippen molar-refractivity contribution in [2.24, 2.45) is 5.92 Å². The molecule has 0 radical (unpaired) electrons. The van der Waals surface area contributed by atoms with Crippen molar-refractivity contribution in [1.82, 2.24) is 4.90 Å². The van der Waals surface area contributed by atoms with Gasteiger partial charge in [-0.1, -0.05) is 18.2 Å². The fourth-order valence-electron chi connectivity index (χ4n) is 4.09. The SMILES string of the molecule is O=C(COc1ccccc1)C[C@@H]1C(=O)N2C(C(=O)OC(=O)c3ccc([N+](=O)[O-])cc3)=C(O)CC[C@H]12. The Kier molecular flexibility index (Phi) is 6.58. The highest BCUT2D eigenvalue weighted by Gasteiger charge is 2.53. The van der Waals surface area contributed by atoms with E-state index in [4.69, 9.17) is 9.47 Å². The van der Waals surface area contributed by atoms with Crippen molar-refractivity contribution < 1.29 is 38.7 Å². The maximum absolute atomic E-state index is 12.8. The molecule has 0 aromatic heterocycles. The molecular weight excluding hydrogens is 460 g/mol. The van der Waals surface area contributed by atoms with Crippen LogP contribution in [-0.4, -0.2) is 51.2 Å². The number of fused-ring (bicyclic) bond motifs is 1. The smallest absolute Gasteiger partial charge is 0.366 e. The summed E-state index contributed by atoms with van der Waals surface area (Å²) in [5.74, 6) is -3.69. The predicted octanol–water partition coefficient (Wildman–Crippen LogP) is 2.71. The zero-order valence-corrected chi connectivity index (χ0v) is 18.3. The van der Waals surface area contributed by atoms with Gasteiger partial charge in [0.05, 0.1) is 16.4 Å². The van der Waals surface area contributed by atoms with Crippen molar-refractivity contribution in [3.05, 3.63) is 81.7 Å². The average Bonchev–Trinajstić information content (AvgIpc) is 2.86. The third kappa shape index (κ3) is 4.88. The Balaban J connectivity index is 1.37. The molecule has 0 unspecified atom stereocenters. The quantitative estimate of drug-likeness (QED) is 0.197. The van der Waals surface area contributed by atoms with Gasteiger partial charge in [-0.2, -0.15) is 0 Å². The molecule has 2 heterocycles. The number of aliphatic hydroxyl groups excluding tert-OH is 1. The number of benzene rings is 2. The molecule has 1 N–H and O–H groups in total. The van der Waals surface area contributed by atoms with Crippen LogP contribution < -0.4 is 4.74 Å². The normalized spacial score (nSPS) is 18.9. The largest absolute Gasteiger partial charge is 0.510 e. The fourth-order valence-corrected chi connectivity index (χ4v) is 4.09. The summed E-state index contributed by atoms with van der Waals surface area (Å²) in [6.07, 6.45) is 0.315. The lowest BCUT2D eigenvalue weighted by atomic mass is 9.78. The average molecular weight is 480 g/mol. The van der Waals surface area contributed by atoms with Crippen LogP contribution in [0, 0.1) is 16.0 Å². The molecule has 2 aromatic carbocycles. The molecule has 180 valence electrons. The van der Waals surface area contributed by atoms with E-state index < -0.39 is 46.2 Å². The predicted molar refractivity (Wildman–Crippen MR) is 118 cm³/mol. The first-order valence-corrected chi connectivity index (χ1v) is 10.7. The van der Waals surface area contributed by atoms with Gasteiger partial charge in [0.25, 0.3) is 5.69 Å². The summed E-state index contributed by atoms with van der Waals surface area (Å²) in [5.41, 5.74) is -0.803. The van der Waals surface area contributed by atoms with Crippen molar-refractivity contribution in [3.8, 4) is 5.75 Å². The zero-order chi connectivity index (χ0) is 25.1. The maximum atomic E-state index is 12.8. The number of hydrogen-bond donors (Lipinski definition) is 1. The number of allylic oxidation sites excluding steroid dienone is 1. The number of Topliss-reactive ketones (excluding diaryl/α,β-unsaturated/α-hetero) is 1. The lowest BCUT2D eigenvalue weighted by Crippen LogP contribution is -2.63. The zero-order valence-electron chi connectivity index (χ0n) is 18.3. The molecule has 2 aliphatic heterocycles. The van der Waals surface area contributed by atoms with E-state index in [1.165, 1.54) is 0 Å². The van der Waals surface area contributed by atoms with Gasteiger partial charge in [-0.05, 0) is 30.7 Å². The number of ether oxygens (including phenoxy) is 2. The summed E-state index contributed by atoms with van der Waals surface area (Å²) in [6.45, 7) is -0.208. The number of nitro groups is 1. The van der Waals surface area contributed by atoms with Crippen LogP contribution in [0.3, 0.4) is 0 Å².